The van der Waals surface area contributed by atoms with E-state index >= 15 is 0 Å². The van der Waals surface area contributed by atoms with E-state index in [4.69, 9.17) is 17.3 Å². The van der Waals surface area contributed by atoms with Crippen molar-refractivity contribution in [2.75, 3.05) is 44.3 Å². The van der Waals surface area contributed by atoms with Crippen LogP contribution in [0.5, 0.6) is 5.75 Å². The first kappa shape index (κ1) is 33.2. The molecule has 0 bridgehead atoms. The monoisotopic (exact) mass is 620 g/mol. The molecule has 0 aromatic heterocycles. The number of carbonyl (C=O) groups is 4. The molecule has 4 atom stereocenters. The zero-order valence-corrected chi connectivity index (χ0v) is 24.4. The van der Waals surface area contributed by atoms with E-state index in [1.54, 1.807) is 33.1 Å². The molecule has 1 aromatic rings. The van der Waals surface area contributed by atoms with E-state index in [1.165, 1.54) is 11.0 Å². The number of hydrogen-bond acceptors (Lipinski definition) is 10. The SMILES string of the molecule is CN(C)c1cc(NC(=O)CCl)c(O)c2c1CC1CC3[C@H](N(C)C)C(O)=C(C(N)=O)C(=O)[C@@]3(O)C(O)=C1C2=O.Cl.Cl. The highest BCUT2D eigenvalue weighted by Gasteiger charge is 2.63. The van der Waals surface area contributed by atoms with E-state index in [9.17, 15) is 39.6 Å². The van der Waals surface area contributed by atoms with E-state index in [0.717, 1.165) is 0 Å². The molecule has 0 saturated heterocycles. The van der Waals surface area contributed by atoms with Gasteiger partial charge in [-0.1, -0.05) is 0 Å². The van der Waals surface area contributed by atoms with Gasteiger partial charge in [0.25, 0.3) is 5.91 Å². The topological polar surface area (TPSA) is 194 Å². The van der Waals surface area contributed by atoms with Gasteiger partial charge in [-0.3, -0.25) is 24.1 Å². The van der Waals surface area contributed by atoms with E-state index < -0.39 is 75.6 Å². The summed E-state index contributed by atoms with van der Waals surface area (Å²) in [6, 6.07) is 0.426. The minimum absolute atomic E-state index is 0. The van der Waals surface area contributed by atoms with Gasteiger partial charge in [0.2, 0.25) is 11.7 Å². The number of carbonyl (C=O) groups excluding carboxylic acids is 4. The maximum atomic E-state index is 13.9. The number of allylic oxidation sites excluding steroid dienone is 1. The number of primary amides is 1. The van der Waals surface area contributed by atoms with Crippen LogP contribution in [-0.4, -0.2) is 94.4 Å². The Balaban J connectivity index is 0.00000280. The molecule has 1 aromatic carbocycles. The standard InChI is InChI=1S/C25H29ClN4O8.2ClH/c1-29(2)13-7-12(28-14(31)8-26)19(32)16-10(13)5-9-6-11-18(30(3)4)21(34)17(24(27)37)23(36)25(11,38)22(35)15(9)20(16)33;;/h7,9,11,18,32,34-35,38H,5-6,8H2,1-4H3,(H2,27,37)(H,28,31);2*1H/t9?,11?,18-,25-;;/m0../s1. The number of aromatic hydroxyl groups is 1. The van der Waals surface area contributed by atoms with Crippen molar-refractivity contribution in [3.05, 3.63) is 39.9 Å². The summed E-state index contributed by atoms with van der Waals surface area (Å²) in [5.41, 5.74) is 2.12. The van der Waals surface area contributed by atoms with Crippen molar-refractivity contribution in [2.24, 2.45) is 17.6 Å². The third-order valence-electron chi connectivity index (χ3n) is 7.58. The summed E-state index contributed by atoms with van der Waals surface area (Å²) in [7, 11) is 6.55. The zero-order valence-electron chi connectivity index (χ0n) is 22.0. The average Bonchev–Trinajstić information content (AvgIpc) is 2.82. The molecule has 0 spiro atoms. The lowest BCUT2D eigenvalue weighted by atomic mass is 9.58. The van der Waals surface area contributed by atoms with Crippen LogP contribution in [0.25, 0.3) is 0 Å². The van der Waals surface area contributed by atoms with Crippen LogP contribution in [0.1, 0.15) is 22.3 Å². The fourth-order valence-corrected chi connectivity index (χ4v) is 6.04. The van der Waals surface area contributed by atoms with Gasteiger partial charge in [-0.15, -0.1) is 36.4 Å². The second kappa shape index (κ2) is 11.5. The van der Waals surface area contributed by atoms with Crippen LogP contribution in [-0.2, 0) is 20.8 Å². The van der Waals surface area contributed by atoms with Gasteiger partial charge in [-0.25, -0.2) is 0 Å². The number of nitrogens with two attached hydrogens (primary N) is 1. The first-order valence-corrected chi connectivity index (χ1v) is 12.3. The number of phenolic OH excluding ortho intramolecular Hbond substituents is 1. The molecular formula is C25H31Cl3N4O8. The van der Waals surface area contributed by atoms with E-state index in [1.807, 2.05) is 0 Å². The van der Waals surface area contributed by atoms with Crippen molar-refractivity contribution in [1.29, 1.82) is 0 Å². The molecule has 40 heavy (non-hydrogen) atoms. The Morgan fingerprint density at radius 2 is 1.75 bits per heavy atom. The van der Waals surface area contributed by atoms with Gasteiger partial charge in [0.15, 0.2) is 17.1 Å². The molecule has 15 heteroatoms. The van der Waals surface area contributed by atoms with Crippen LogP contribution in [0.3, 0.4) is 0 Å². The molecule has 0 saturated carbocycles. The first-order chi connectivity index (χ1) is 17.7. The summed E-state index contributed by atoms with van der Waals surface area (Å²) in [6.07, 6.45) is 0.101. The van der Waals surface area contributed by atoms with Crippen molar-refractivity contribution in [3.63, 3.8) is 0 Å². The predicted octanol–water partition coefficient (Wildman–Crippen LogP) is 1.21. The number of alkyl halides is 1. The van der Waals surface area contributed by atoms with Gasteiger partial charge >= 0.3 is 0 Å². The van der Waals surface area contributed by atoms with Crippen molar-refractivity contribution in [2.45, 2.75) is 24.5 Å². The molecule has 4 rings (SSSR count). The van der Waals surface area contributed by atoms with Crippen LogP contribution in [0, 0.1) is 11.8 Å². The highest BCUT2D eigenvalue weighted by atomic mass is 35.5. The van der Waals surface area contributed by atoms with Gasteiger partial charge in [-0.2, -0.15) is 0 Å². The van der Waals surface area contributed by atoms with Gasteiger partial charge in [-0.05, 0) is 44.5 Å². The molecule has 12 nitrogen and oxygen atoms in total. The maximum absolute atomic E-state index is 13.9. The third kappa shape index (κ3) is 4.67. The number of rotatable bonds is 5. The number of amides is 2. The maximum Gasteiger partial charge on any atom is 0.255 e. The third-order valence-corrected chi connectivity index (χ3v) is 7.82. The lowest BCUT2D eigenvalue weighted by molar-refractivity contribution is -0.148. The molecule has 0 heterocycles. The van der Waals surface area contributed by atoms with Gasteiger partial charge < -0.3 is 36.4 Å². The molecule has 0 aliphatic heterocycles. The number of fused-ring (bicyclic) bond motifs is 3. The number of phenols is 1. The second-order valence-corrected chi connectivity index (χ2v) is 10.5. The number of aliphatic hydroxyl groups excluding tert-OH is 2. The fourth-order valence-electron chi connectivity index (χ4n) is 5.98. The number of Topliss-reactive ketones (excluding diaryl/α,β-unsaturated/α-hetero) is 2. The number of halogens is 3. The summed E-state index contributed by atoms with van der Waals surface area (Å²) in [5.74, 6) is -8.45. The Hall–Kier alpha value is -3.03. The number of ketones is 2. The van der Waals surface area contributed by atoms with Crippen LogP contribution in [0.4, 0.5) is 11.4 Å². The quantitative estimate of drug-likeness (QED) is 0.158. The van der Waals surface area contributed by atoms with E-state index in [0.29, 0.717) is 11.3 Å². The van der Waals surface area contributed by atoms with Gasteiger partial charge in [0.1, 0.15) is 23.0 Å². The largest absolute Gasteiger partial charge is 0.510 e. The Morgan fingerprint density at radius 3 is 2.25 bits per heavy atom. The molecule has 2 amide bonds. The molecule has 3 aliphatic carbocycles. The Labute approximate surface area is 247 Å². The Kier molecular flexibility index (Phi) is 9.50. The molecule has 7 N–H and O–H groups in total. The minimum atomic E-state index is -2.73. The van der Waals surface area contributed by atoms with E-state index in [-0.39, 0.29) is 54.5 Å². The summed E-state index contributed by atoms with van der Waals surface area (Å²) in [5, 5.41) is 47.3. The predicted molar refractivity (Wildman–Crippen MR) is 152 cm³/mol. The number of aliphatic hydroxyl groups is 3. The highest BCUT2D eigenvalue weighted by molar-refractivity contribution is 6.29. The lowest BCUT2D eigenvalue weighted by Gasteiger charge is -2.50. The number of anilines is 2. The molecule has 2 unspecified atom stereocenters. The number of likely N-dealkylation sites (N-methyl/N-ethyl adjacent to an activating group) is 1. The minimum Gasteiger partial charge on any atom is -0.510 e. The molecule has 0 fully saturated rings. The summed E-state index contributed by atoms with van der Waals surface area (Å²) < 4.78 is 0. The van der Waals surface area contributed by atoms with Gasteiger partial charge in [0.05, 0.1) is 17.3 Å². The van der Waals surface area contributed by atoms with Crippen molar-refractivity contribution >= 4 is 71.2 Å². The molecule has 220 valence electrons. The lowest BCUT2D eigenvalue weighted by Crippen LogP contribution is -2.63. The Bertz CT molecular complexity index is 1360. The Morgan fingerprint density at radius 1 is 1.15 bits per heavy atom. The first-order valence-electron chi connectivity index (χ1n) is 11.7. The van der Waals surface area contributed by atoms with Crippen LogP contribution in [0.15, 0.2) is 28.7 Å². The van der Waals surface area contributed by atoms with Crippen molar-refractivity contribution in [3.8, 4) is 5.75 Å². The van der Waals surface area contributed by atoms with Crippen molar-refractivity contribution < 1.29 is 39.6 Å². The fraction of sp³-hybridized carbons (Fsp3) is 0.440. The highest BCUT2D eigenvalue weighted by Crippen LogP contribution is 2.53. The summed E-state index contributed by atoms with van der Waals surface area (Å²) in [4.78, 5) is 54.4. The van der Waals surface area contributed by atoms with Crippen molar-refractivity contribution in [1.82, 2.24) is 4.90 Å². The molecule has 0 radical (unpaired) electrons. The van der Waals surface area contributed by atoms with Crippen LogP contribution in [0.2, 0.25) is 0 Å². The summed E-state index contributed by atoms with van der Waals surface area (Å²) >= 11 is 5.58. The summed E-state index contributed by atoms with van der Waals surface area (Å²) in [6.45, 7) is 0. The molecular weight excluding hydrogens is 591 g/mol. The number of hydrogen-bond donors (Lipinski definition) is 6. The molecule has 3 aliphatic rings. The van der Waals surface area contributed by atoms with Crippen LogP contribution >= 0.6 is 36.4 Å². The number of nitrogens with one attached hydrogen (secondary N) is 1. The number of benzene rings is 1. The normalized spacial score (nSPS) is 25.3. The zero-order chi connectivity index (χ0) is 28.4. The van der Waals surface area contributed by atoms with Gasteiger partial charge in [0, 0.05) is 31.3 Å². The van der Waals surface area contributed by atoms with Crippen LogP contribution < -0.4 is 16.0 Å². The average molecular weight is 622 g/mol. The second-order valence-electron chi connectivity index (χ2n) is 10.2. The number of nitrogens with zero attached hydrogens (tertiary/aromatic N) is 2. The smallest absolute Gasteiger partial charge is 0.255 e. The van der Waals surface area contributed by atoms with E-state index in [2.05, 4.69) is 5.32 Å².